The number of carbonyl (C=O) groups is 3. The molecule has 3 amide bonds. The van der Waals surface area contributed by atoms with Gasteiger partial charge in [0, 0.05) is 24.3 Å². The Hall–Kier alpha value is -2.25. The number of imide groups is 1. The van der Waals surface area contributed by atoms with E-state index in [0.29, 0.717) is 17.2 Å². The van der Waals surface area contributed by atoms with Gasteiger partial charge in [-0.1, -0.05) is 53.3 Å². The molecule has 2 heterocycles. The summed E-state index contributed by atoms with van der Waals surface area (Å²) in [5.74, 6) is -0.828. The Morgan fingerprint density at radius 1 is 0.909 bits per heavy atom. The molecule has 0 aromatic heterocycles. The first-order chi connectivity index (χ1) is 15.7. The highest BCUT2D eigenvalue weighted by molar-refractivity contribution is 6.54. The minimum atomic E-state index is -0.740. The van der Waals surface area contributed by atoms with Crippen LogP contribution in [0.4, 0.5) is 11.4 Å². The van der Waals surface area contributed by atoms with E-state index in [4.69, 9.17) is 46.4 Å². The number of amides is 3. The molecular weight excluding hydrogens is 508 g/mol. The number of likely N-dealkylation sites (tertiary alicyclic amines) is 1. The Balaban J connectivity index is 1.51. The second kappa shape index (κ2) is 9.55. The van der Waals surface area contributed by atoms with Gasteiger partial charge < -0.3 is 10.2 Å². The zero-order valence-corrected chi connectivity index (χ0v) is 20.5. The standard InChI is InChI=1S/C23H19Cl4N3O3/c1-12-6-8-29(9-7-12)21(31)13-2-4-14(5-3-13)28-20-19(27)22(32)30(23(20)33)18-11-16(25)15(24)10-17(18)26/h2-5,10-12,28H,6-9H2,1H3. The Labute approximate surface area is 211 Å². The first-order valence-corrected chi connectivity index (χ1v) is 11.8. The van der Waals surface area contributed by atoms with Gasteiger partial charge in [-0.3, -0.25) is 14.4 Å². The summed E-state index contributed by atoms with van der Waals surface area (Å²) in [6, 6.07) is 9.33. The summed E-state index contributed by atoms with van der Waals surface area (Å²) < 4.78 is 0. The summed E-state index contributed by atoms with van der Waals surface area (Å²) in [7, 11) is 0. The molecule has 4 rings (SSSR count). The molecule has 10 heteroatoms. The lowest BCUT2D eigenvalue weighted by molar-refractivity contribution is -0.120. The Bertz CT molecular complexity index is 1170. The first kappa shape index (κ1) is 23.9. The molecule has 2 aromatic rings. The van der Waals surface area contributed by atoms with E-state index in [2.05, 4.69) is 12.2 Å². The average Bonchev–Trinajstić information content (AvgIpc) is 3.00. The predicted molar refractivity (Wildman–Crippen MR) is 131 cm³/mol. The zero-order chi connectivity index (χ0) is 23.9. The van der Waals surface area contributed by atoms with Crippen molar-refractivity contribution in [3.8, 4) is 0 Å². The molecule has 0 saturated carbocycles. The molecule has 2 aliphatic heterocycles. The van der Waals surface area contributed by atoms with Crippen molar-refractivity contribution in [1.82, 2.24) is 4.90 Å². The molecule has 6 nitrogen and oxygen atoms in total. The molecule has 0 spiro atoms. The van der Waals surface area contributed by atoms with Crippen LogP contribution >= 0.6 is 46.4 Å². The number of nitrogens with one attached hydrogen (secondary N) is 1. The summed E-state index contributed by atoms with van der Waals surface area (Å²) in [4.78, 5) is 41.1. The van der Waals surface area contributed by atoms with Gasteiger partial charge in [0.05, 0.1) is 20.8 Å². The van der Waals surface area contributed by atoms with Crippen LogP contribution < -0.4 is 10.2 Å². The summed E-state index contributed by atoms with van der Waals surface area (Å²) in [6.45, 7) is 3.67. The van der Waals surface area contributed by atoms with E-state index in [1.165, 1.54) is 12.1 Å². The van der Waals surface area contributed by atoms with E-state index in [1.807, 2.05) is 4.90 Å². The van der Waals surface area contributed by atoms with Crippen molar-refractivity contribution < 1.29 is 14.4 Å². The molecular formula is C23H19Cl4N3O3. The monoisotopic (exact) mass is 525 g/mol. The number of hydrogen-bond donors (Lipinski definition) is 1. The van der Waals surface area contributed by atoms with Crippen molar-refractivity contribution >= 4 is 75.5 Å². The normalized spacial score (nSPS) is 17.2. The lowest BCUT2D eigenvalue weighted by atomic mass is 9.98. The molecule has 1 fully saturated rings. The SMILES string of the molecule is CC1CCN(C(=O)c2ccc(NC3=C(Cl)C(=O)N(c4cc(Cl)c(Cl)cc4Cl)C3=O)cc2)CC1. The van der Waals surface area contributed by atoms with Crippen LogP contribution in [0.15, 0.2) is 47.1 Å². The van der Waals surface area contributed by atoms with Gasteiger partial charge in [0.2, 0.25) is 0 Å². The number of piperidine rings is 1. The van der Waals surface area contributed by atoms with Gasteiger partial charge in [-0.25, -0.2) is 4.90 Å². The molecule has 172 valence electrons. The highest BCUT2D eigenvalue weighted by Crippen LogP contribution is 2.38. The van der Waals surface area contributed by atoms with Crippen LogP contribution in [-0.2, 0) is 9.59 Å². The smallest absolute Gasteiger partial charge is 0.283 e. The van der Waals surface area contributed by atoms with Gasteiger partial charge in [0.15, 0.2) is 0 Å². The van der Waals surface area contributed by atoms with E-state index in [-0.39, 0.29) is 37.4 Å². The predicted octanol–water partition coefficient (Wildman–Crippen LogP) is 5.95. The van der Waals surface area contributed by atoms with Crippen LogP contribution in [0.5, 0.6) is 0 Å². The summed E-state index contributed by atoms with van der Waals surface area (Å²) in [5.41, 5.74) is 1.02. The van der Waals surface area contributed by atoms with Crippen molar-refractivity contribution in [2.75, 3.05) is 23.3 Å². The number of rotatable bonds is 4. The maximum absolute atomic E-state index is 13.0. The maximum Gasteiger partial charge on any atom is 0.283 e. The summed E-state index contributed by atoms with van der Waals surface area (Å²) >= 11 is 24.3. The van der Waals surface area contributed by atoms with Crippen LogP contribution in [0.1, 0.15) is 30.1 Å². The second-order valence-corrected chi connectivity index (χ2v) is 9.63. The van der Waals surface area contributed by atoms with Crippen molar-refractivity contribution in [2.45, 2.75) is 19.8 Å². The third kappa shape index (κ3) is 4.71. The van der Waals surface area contributed by atoms with Gasteiger partial charge in [0.25, 0.3) is 17.7 Å². The van der Waals surface area contributed by atoms with E-state index in [1.54, 1.807) is 24.3 Å². The highest BCUT2D eigenvalue weighted by Gasteiger charge is 2.40. The third-order valence-corrected chi connectivity index (χ3v) is 7.11. The summed E-state index contributed by atoms with van der Waals surface area (Å²) in [6.07, 6.45) is 1.99. The Morgan fingerprint density at radius 2 is 1.52 bits per heavy atom. The molecule has 0 atom stereocenters. The number of hydrogen-bond acceptors (Lipinski definition) is 4. The number of halogens is 4. The minimum Gasteiger partial charge on any atom is -0.350 e. The van der Waals surface area contributed by atoms with Crippen molar-refractivity contribution in [3.05, 3.63) is 67.8 Å². The van der Waals surface area contributed by atoms with E-state index < -0.39 is 11.8 Å². The Kier molecular flexibility index (Phi) is 6.91. The highest BCUT2D eigenvalue weighted by atomic mass is 35.5. The summed E-state index contributed by atoms with van der Waals surface area (Å²) in [5, 5.41) is 2.99. The van der Waals surface area contributed by atoms with E-state index in [0.717, 1.165) is 30.8 Å². The van der Waals surface area contributed by atoms with E-state index in [9.17, 15) is 14.4 Å². The zero-order valence-electron chi connectivity index (χ0n) is 17.5. The maximum atomic E-state index is 13.0. The van der Waals surface area contributed by atoms with Crippen LogP contribution in [0.2, 0.25) is 15.1 Å². The molecule has 0 aliphatic carbocycles. The largest absolute Gasteiger partial charge is 0.350 e. The molecule has 1 saturated heterocycles. The van der Waals surface area contributed by atoms with Gasteiger partial charge in [0.1, 0.15) is 10.7 Å². The molecule has 2 aromatic carbocycles. The van der Waals surface area contributed by atoms with Crippen molar-refractivity contribution in [1.29, 1.82) is 0 Å². The molecule has 0 unspecified atom stereocenters. The Morgan fingerprint density at radius 3 is 2.15 bits per heavy atom. The van der Waals surface area contributed by atoms with Gasteiger partial charge in [-0.15, -0.1) is 0 Å². The fourth-order valence-corrected chi connectivity index (χ4v) is 4.59. The van der Waals surface area contributed by atoms with Crippen LogP contribution in [0, 0.1) is 5.92 Å². The van der Waals surface area contributed by atoms with Crippen LogP contribution in [0.3, 0.4) is 0 Å². The van der Waals surface area contributed by atoms with Crippen molar-refractivity contribution in [2.24, 2.45) is 5.92 Å². The third-order valence-electron chi connectivity index (χ3n) is 5.73. The fraction of sp³-hybridized carbons (Fsp3) is 0.261. The molecule has 0 bridgehead atoms. The second-order valence-electron chi connectivity index (χ2n) is 8.03. The van der Waals surface area contributed by atoms with Gasteiger partial charge >= 0.3 is 0 Å². The first-order valence-electron chi connectivity index (χ1n) is 10.3. The van der Waals surface area contributed by atoms with Crippen LogP contribution in [-0.4, -0.2) is 35.7 Å². The molecule has 1 N–H and O–H groups in total. The number of anilines is 2. The van der Waals surface area contributed by atoms with Gasteiger partial charge in [-0.05, 0) is 55.2 Å². The molecule has 2 aliphatic rings. The van der Waals surface area contributed by atoms with Crippen LogP contribution in [0.25, 0.3) is 0 Å². The lowest BCUT2D eigenvalue weighted by Gasteiger charge is -2.30. The van der Waals surface area contributed by atoms with E-state index >= 15 is 0 Å². The van der Waals surface area contributed by atoms with Gasteiger partial charge in [-0.2, -0.15) is 0 Å². The topological polar surface area (TPSA) is 69.7 Å². The average molecular weight is 527 g/mol. The fourth-order valence-electron chi connectivity index (χ4n) is 3.75. The number of nitrogens with zero attached hydrogens (tertiary/aromatic N) is 2. The quantitative estimate of drug-likeness (QED) is 0.394. The minimum absolute atomic E-state index is 0.0294. The molecule has 33 heavy (non-hydrogen) atoms. The molecule has 0 radical (unpaired) electrons. The van der Waals surface area contributed by atoms with Crippen molar-refractivity contribution in [3.63, 3.8) is 0 Å². The lowest BCUT2D eigenvalue weighted by Crippen LogP contribution is -2.37. The number of benzene rings is 2. The number of carbonyl (C=O) groups excluding carboxylic acids is 3.